The van der Waals surface area contributed by atoms with E-state index in [2.05, 4.69) is 26.0 Å². The molecule has 0 spiro atoms. The Balaban J connectivity index is 2.59. The van der Waals surface area contributed by atoms with Crippen LogP contribution >= 0.6 is 11.3 Å². The van der Waals surface area contributed by atoms with Gasteiger partial charge in [0.2, 0.25) is 0 Å². The molecule has 0 saturated heterocycles. The van der Waals surface area contributed by atoms with E-state index in [0.717, 1.165) is 5.56 Å². The van der Waals surface area contributed by atoms with Crippen molar-refractivity contribution in [2.75, 3.05) is 0 Å². The second-order valence-corrected chi connectivity index (χ2v) is 7.98. The fraction of sp³-hybridized carbons (Fsp3) is 0.368. The molecule has 23 heavy (non-hydrogen) atoms. The van der Waals surface area contributed by atoms with Crippen LogP contribution < -0.4 is 14.8 Å². The Kier molecular flexibility index (Phi) is 4.76. The lowest BCUT2D eigenvalue weighted by molar-refractivity contribution is -0.120. The van der Waals surface area contributed by atoms with Crippen molar-refractivity contribution in [3.8, 4) is 0 Å². The molecule has 1 aromatic carbocycles. The van der Waals surface area contributed by atoms with Gasteiger partial charge < -0.3 is 4.57 Å². The van der Waals surface area contributed by atoms with E-state index in [1.165, 1.54) is 22.5 Å². The Labute approximate surface area is 140 Å². The van der Waals surface area contributed by atoms with E-state index in [0.29, 0.717) is 9.20 Å². The Morgan fingerprint density at radius 2 is 1.83 bits per heavy atom. The van der Waals surface area contributed by atoms with Gasteiger partial charge in [-0.1, -0.05) is 39.0 Å². The van der Waals surface area contributed by atoms with Crippen LogP contribution in [0.15, 0.2) is 23.0 Å². The minimum absolute atomic E-state index is 0.0204. The lowest BCUT2D eigenvalue weighted by atomic mass is 9.91. The molecule has 0 N–H and O–H groups in total. The SMILES string of the molecule is Cc1ccc(/C=c2\s/c(=C\C(=O)C(C)(C)C)n(C)c2=O)cc1C. The van der Waals surface area contributed by atoms with Crippen molar-refractivity contribution in [3.63, 3.8) is 0 Å². The summed E-state index contributed by atoms with van der Waals surface area (Å²) in [4.78, 5) is 24.6. The van der Waals surface area contributed by atoms with Crippen molar-refractivity contribution in [1.82, 2.24) is 4.57 Å². The zero-order valence-electron chi connectivity index (χ0n) is 14.6. The number of rotatable bonds is 2. The van der Waals surface area contributed by atoms with E-state index in [9.17, 15) is 9.59 Å². The van der Waals surface area contributed by atoms with Crippen molar-refractivity contribution in [3.05, 3.63) is 54.4 Å². The van der Waals surface area contributed by atoms with Gasteiger partial charge in [0.05, 0.1) is 4.53 Å². The molecule has 0 fully saturated rings. The van der Waals surface area contributed by atoms with Gasteiger partial charge in [-0.05, 0) is 36.6 Å². The summed E-state index contributed by atoms with van der Waals surface area (Å²) in [6, 6.07) is 6.12. The molecule has 0 amide bonds. The summed E-state index contributed by atoms with van der Waals surface area (Å²) in [5.74, 6) is 0.0204. The number of carbonyl (C=O) groups is 1. The summed E-state index contributed by atoms with van der Waals surface area (Å²) in [7, 11) is 1.71. The van der Waals surface area contributed by atoms with Gasteiger partial charge >= 0.3 is 0 Å². The highest BCUT2D eigenvalue weighted by Gasteiger charge is 2.19. The molecule has 0 aliphatic heterocycles. The average Bonchev–Trinajstić information content (AvgIpc) is 2.70. The smallest absolute Gasteiger partial charge is 0.268 e. The largest absolute Gasteiger partial charge is 0.302 e. The normalized spacial score (nSPS) is 13.7. The summed E-state index contributed by atoms with van der Waals surface area (Å²) in [6.07, 6.45) is 3.46. The Morgan fingerprint density at radius 3 is 2.39 bits per heavy atom. The number of nitrogens with zero attached hydrogens (tertiary/aromatic N) is 1. The van der Waals surface area contributed by atoms with Crippen LogP contribution in [0, 0.1) is 19.3 Å². The van der Waals surface area contributed by atoms with Crippen LogP contribution in [-0.4, -0.2) is 10.4 Å². The molecule has 0 bridgehead atoms. The van der Waals surface area contributed by atoms with Crippen LogP contribution in [0.25, 0.3) is 12.2 Å². The molecule has 2 aromatic rings. The van der Waals surface area contributed by atoms with Crippen molar-refractivity contribution in [1.29, 1.82) is 0 Å². The quantitative estimate of drug-likeness (QED) is 0.848. The Morgan fingerprint density at radius 1 is 1.17 bits per heavy atom. The number of benzene rings is 1. The molecule has 0 unspecified atom stereocenters. The number of hydrogen-bond donors (Lipinski definition) is 0. The maximum absolute atomic E-state index is 12.4. The summed E-state index contributed by atoms with van der Waals surface area (Å²) in [5, 5.41) is 0. The Bertz CT molecular complexity index is 924. The predicted molar refractivity (Wildman–Crippen MR) is 97.2 cm³/mol. The van der Waals surface area contributed by atoms with Gasteiger partial charge in [0.15, 0.2) is 5.78 Å². The van der Waals surface area contributed by atoms with Crippen LogP contribution in [0.1, 0.15) is 37.5 Å². The first-order valence-corrected chi connectivity index (χ1v) is 8.42. The molecule has 0 aliphatic rings. The van der Waals surface area contributed by atoms with Crippen molar-refractivity contribution < 1.29 is 4.79 Å². The average molecular weight is 329 g/mol. The topological polar surface area (TPSA) is 39.1 Å². The van der Waals surface area contributed by atoms with Gasteiger partial charge in [-0.25, -0.2) is 0 Å². The molecule has 0 aliphatic carbocycles. The number of aromatic nitrogens is 1. The van der Waals surface area contributed by atoms with Crippen molar-refractivity contribution in [2.24, 2.45) is 12.5 Å². The fourth-order valence-electron chi connectivity index (χ4n) is 2.04. The van der Waals surface area contributed by atoms with E-state index >= 15 is 0 Å². The lowest BCUT2D eigenvalue weighted by Crippen LogP contribution is -2.30. The third-order valence-electron chi connectivity index (χ3n) is 3.88. The van der Waals surface area contributed by atoms with Gasteiger partial charge in [-0.15, -0.1) is 11.3 Å². The lowest BCUT2D eigenvalue weighted by Gasteiger charge is -2.12. The van der Waals surface area contributed by atoms with E-state index in [-0.39, 0.29) is 11.3 Å². The van der Waals surface area contributed by atoms with Crippen molar-refractivity contribution in [2.45, 2.75) is 34.6 Å². The fourth-order valence-corrected chi connectivity index (χ4v) is 3.07. The van der Waals surface area contributed by atoms with Crippen molar-refractivity contribution >= 4 is 29.3 Å². The van der Waals surface area contributed by atoms with Gasteiger partial charge in [0, 0.05) is 18.5 Å². The molecule has 1 heterocycles. The van der Waals surface area contributed by atoms with E-state index in [1.807, 2.05) is 32.9 Å². The van der Waals surface area contributed by atoms with Gasteiger partial charge in [-0.3, -0.25) is 9.59 Å². The molecule has 0 saturated carbocycles. The van der Waals surface area contributed by atoms with Crippen LogP contribution in [0.4, 0.5) is 0 Å². The molecular formula is C19H23NO2S. The number of ketones is 1. The highest BCUT2D eigenvalue weighted by atomic mass is 32.1. The number of carbonyl (C=O) groups excluding carboxylic acids is 1. The summed E-state index contributed by atoms with van der Waals surface area (Å²) in [5.41, 5.74) is 2.91. The van der Waals surface area contributed by atoms with E-state index in [1.54, 1.807) is 17.7 Å². The second-order valence-electron chi connectivity index (χ2n) is 6.92. The number of thiazole rings is 1. The van der Waals surface area contributed by atoms with E-state index in [4.69, 9.17) is 0 Å². The molecule has 2 rings (SSSR count). The second kappa shape index (κ2) is 6.28. The molecule has 0 radical (unpaired) electrons. The molecular weight excluding hydrogens is 306 g/mol. The number of hydrogen-bond acceptors (Lipinski definition) is 3. The Hall–Kier alpha value is -1.94. The van der Waals surface area contributed by atoms with E-state index < -0.39 is 5.41 Å². The van der Waals surface area contributed by atoms with Crippen LogP contribution in [-0.2, 0) is 11.8 Å². The maximum atomic E-state index is 12.4. The molecule has 122 valence electrons. The highest BCUT2D eigenvalue weighted by Crippen LogP contribution is 2.14. The standard InChI is InChI=1S/C19H23NO2S/c1-12-7-8-14(9-13(12)2)10-15-18(22)20(6)17(23-15)11-16(21)19(3,4)5/h7-11H,1-6H3/b15-10-,17-11-. The van der Waals surface area contributed by atoms with Crippen LogP contribution in [0.5, 0.6) is 0 Å². The minimum Gasteiger partial charge on any atom is -0.302 e. The highest BCUT2D eigenvalue weighted by molar-refractivity contribution is 7.07. The molecule has 1 aromatic heterocycles. The third kappa shape index (κ3) is 3.88. The van der Waals surface area contributed by atoms with Crippen LogP contribution in [0.2, 0.25) is 0 Å². The monoisotopic (exact) mass is 329 g/mol. The number of aryl methyl sites for hydroxylation is 2. The molecule has 3 nitrogen and oxygen atoms in total. The zero-order valence-corrected chi connectivity index (χ0v) is 15.4. The number of Topliss-reactive ketones (excluding diaryl/α,β-unsaturated/α-hetero) is 1. The zero-order chi connectivity index (χ0) is 17.4. The third-order valence-corrected chi connectivity index (χ3v) is 5.00. The maximum Gasteiger partial charge on any atom is 0.268 e. The van der Waals surface area contributed by atoms with Gasteiger partial charge in [0.1, 0.15) is 4.66 Å². The first-order valence-electron chi connectivity index (χ1n) is 7.60. The molecule has 0 atom stereocenters. The minimum atomic E-state index is -0.446. The van der Waals surface area contributed by atoms with Crippen LogP contribution in [0.3, 0.4) is 0 Å². The summed E-state index contributed by atoms with van der Waals surface area (Å²) in [6.45, 7) is 9.74. The first kappa shape index (κ1) is 17.4. The summed E-state index contributed by atoms with van der Waals surface area (Å²) < 4.78 is 2.87. The predicted octanol–water partition coefficient (Wildman–Crippen LogP) is 2.29. The first-order chi connectivity index (χ1) is 10.6. The van der Waals surface area contributed by atoms with Gasteiger partial charge in [-0.2, -0.15) is 0 Å². The molecule has 4 heteroatoms. The van der Waals surface area contributed by atoms with Gasteiger partial charge in [0.25, 0.3) is 5.56 Å². The summed E-state index contributed by atoms with van der Waals surface area (Å²) >= 11 is 1.35.